The standard InChI is InChI=1S/C16H29N3O.HI/c1-2-17-16(18-14-4-3-5-14)19-10-8-15(9-11-19)20-12-13-6-7-13;/h13-15H,2-12H2,1H3,(H,17,18);1H. The molecule has 3 rings (SSSR count). The van der Waals surface area contributed by atoms with Crippen LogP contribution in [0.1, 0.15) is 51.9 Å². The second kappa shape index (κ2) is 8.56. The highest BCUT2D eigenvalue weighted by Gasteiger charge is 2.27. The van der Waals surface area contributed by atoms with Crippen molar-refractivity contribution in [1.29, 1.82) is 0 Å². The average molecular weight is 407 g/mol. The number of likely N-dealkylation sites (tertiary alicyclic amines) is 1. The lowest BCUT2D eigenvalue weighted by Crippen LogP contribution is -2.51. The van der Waals surface area contributed by atoms with Gasteiger partial charge in [-0.2, -0.15) is 0 Å². The first kappa shape index (κ1) is 17.3. The third-order valence-electron chi connectivity index (χ3n) is 4.75. The predicted octanol–water partition coefficient (Wildman–Crippen LogP) is 3.01. The van der Waals surface area contributed by atoms with E-state index in [2.05, 4.69) is 22.1 Å². The van der Waals surface area contributed by atoms with Gasteiger partial charge < -0.3 is 15.0 Å². The Morgan fingerprint density at radius 3 is 2.38 bits per heavy atom. The number of piperidine rings is 1. The van der Waals surface area contributed by atoms with Crippen LogP contribution in [-0.2, 0) is 4.74 Å². The van der Waals surface area contributed by atoms with E-state index in [-0.39, 0.29) is 24.0 Å². The van der Waals surface area contributed by atoms with Gasteiger partial charge in [0.2, 0.25) is 0 Å². The van der Waals surface area contributed by atoms with Crippen LogP contribution in [0.25, 0.3) is 0 Å². The van der Waals surface area contributed by atoms with Gasteiger partial charge in [0.1, 0.15) is 0 Å². The first-order chi connectivity index (χ1) is 9.85. The lowest BCUT2D eigenvalue weighted by atomic mass is 9.93. The van der Waals surface area contributed by atoms with Gasteiger partial charge in [-0.15, -0.1) is 24.0 Å². The maximum absolute atomic E-state index is 6.02. The van der Waals surface area contributed by atoms with E-state index in [1.807, 2.05) is 0 Å². The molecule has 1 saturated heterocycles. The van der Waals surface area contributed by atoms with Gasteiger partial charge in [0.05, 0.1) is 6.10 Å². The Kier molecular flexibility index (Phi) is 7.05. The second-order valence-electron chi connectivity index (χ2n) is 6.53. The van der Waals surface area contributed by atoms with Crippen LogP contribution in [0.4, 0.5) is 0 Å². The molecule has 1 aliphatic heterocycles. The van der Waals surface area contributed by atoms with E-state index in [0.717, 1.165) is 51.0 Å². The Hall–Kier alpha value is -0.0400. The third kappa shape index (κ3) is 5.27. The number of halogens is 1. The molecule has 0 aromatic heterocycles. The summed E-state index contributed by atoms with van der Waals surface area (Å²) in [5.74, 6) is 2.02. The summed E-state index contributed by atoms with van der Waals surface area (Å²) in [7, 11) is 0. The molecule has 0 aromatic carbocycles. The van der Waals surface area contributed by atoms with Crippen molar-refractivity contribution in [1.82, 2.24) is 10.2 Å². The monoisotopic (exact) mass is 407 g/mol. The molecule has 2 aliphatic carbocycles. The van der Waals surface area contributed by atoms with E-state index in [9.17, 15) is 0 Å². The van der Waals surface area contributed by atoms with Crippen molar-refractivity contribution in [2.24, 2.45) is 10.9 Å². The zero-order valence-electron chi connectivity index (χ0n) is 13.2. The van der Waals surface area contributed by atoms with Gasteiger partial charge in [-0.1, -0.05) is 0 Å². The molecule has 3 aliphatic rings. The zero-order valence-corrected chi connectivity index (χ0v) is 15.6. The van der Waals surface area contributed by atoms with Gasteiger partial charge in [0.25, 0.3) is 0 Å². The molecule has 0 radical (unpaired) electrons. The Bertz CT molecular complexity index is 334. The van der Waals surface area contributed by atoms with Crippen molar-refractivity contribution in [3.05, 3.63) is 0 Å². The Morgan fingerprint density at radius 1 is 1.14 bits per heavy atom. The lowest BCUT2D eigenvalue weighted by molar-refractivity contribution is 0.0129. The Labute approximate surface area is 146 Å². The molecule has 0 bridgehead atoms. The summed E-state index contributed by atoms with van der Waals surface area (Å²) in [5.41, 5.74) is 0. The number of rotatable bonds is 5. The molecule has 0 unspecified atom stereocenters. The van der Waals surface area contributed by atoms with Crippen LogP contribution in [0.5, 0.6) is 0 Å². The molecule has 0 spiro atoms. The maximum atomic E-state index is 6.02. The zero-order chi connectivity index (χ0) is 13.8. The van der Waals surface area contributed by atoms with E-state index in [0.29, 0.717) is 12.1 Å². The van der Waals surface area contributed by atoms with Crippen LogP contribution >= 0.6 is 24.0 Å². The Balaban J connectivity index is 0.00000161. The van der Waals surface area contributed by atoms with Crippen LogP contribution in [0.15, 0.2) is 4.99 Å². The van der Waals surface area contributed by atoms with Crippen LogP contribution in [0.2, 0.25) is 0 Å². The number of hydrogen-bond acceptors (Lipinski definition) is 2. The smallest absolute Gasteiger partial charge is 0.194 e. The molecule has 0 amide bonds. The van der Waals surface area contributed by atoms with Gasteiger partial charge >= 0.3 is 0 Å². The van der Waals surface area contributed by atoms with Crippen molar-refractivity contribution in [2.45, 2.75) is 64.0 Å². The quantitative estimate of drug-likeness (QED) is 0.433. The number of nitrogens with zero attached hydrogens (tertiary/aromatic N) is 2. The number of hydrogen-bond donors (Lipinski definition) is 1. The lowest BCUT2D eigenvalue weighted by Gasteiger charge is -2.37. The van der Waals surface area contributed by atoms with Gasteiger partial charge in [0, 0.05) is 32.3 Å². The molecule has 0 aromatic rings. The minimum absolute atomic E-state index is 0. The minimum atomic E-state index is 0. The van der Waals surface area contributed by atoms with E-state index >= 15 is 0 Å². The number of nitrogens with one attached hydrogen (secondary N) is 1. The van der Waals surface area contributed by atoms with Gasteiger partial charge in [0.15, 0.2) is 5.96 Å². The van der Waals surface area contributed by atoms with Gasteiger partial charge in [-0.05, 0) is 57.8 Å². The predicted molar refractivity (Wildman–Crippen MR) is 97.4 cm³/mol. The molecular formula is C16H30IN3O. The molecule has 1 N–H and O–H groups in total. The highest BCUT2D eigenvalue weighted by Crippen LogP contribution is 2.30. The third-order valence-corrected chi connectivity index (χ3v) is 4.75. The summed E-state index contributed by atoms with van der Waals surface area (Å²) in [6.07, 6.45) is 9.55. The fraction of sp³-hybridized carbons (Fsp3) is 0.938. The van der Waals surface area contributed by atoms with Crippen molar-refractivity contribution >= 4 is 29.9 Å². The van der Waals surface area contributed by atoms with Crippen LogP contribution in [0.3, 0.4) is 0 Å². The molecule has 2 saturated carbocycles. The van der Waals surface area contributed by atoms with Crippen molar-refractivity contribution < 1.29 is 4.74 Å². The summed E-state index contributed by atoms with van der Waals surface area (Å²) in [6.45, 7) is 6.17. The van der Waals surface area contributed by atoms with Crippen LogP contribution in [-0.4, -0.2) is 49.2 Å². The second-order valence-corrected chi connectivity index (χ2v) is 6.53. The molecule has 0 atom stereocenters. The average Bonchev–Trinajstić information content (AvgIpc) is 3.24. The summed E-state index contributed by atoms with van der Waals surface area (Å²) in [5, 5.41) is 3.63. The normalized spacial score (nSPS) is 24.4. The summed E-state index contributed by atoms with van der Waals surface area (Å²) >= 11 is 0. The van der Waals surface area contributed by atoms with E-state index < -0.39 is 0 Å². The van der Waals surface area contributed by atoms with Gasteiger partial charge in [-0.25, -0.2) is 0 Å². The highest BCUT2D eigenvalue weighted by atomic mass is 127. The molecule has 1 heterocycles. The summed E-state index contributed by atoms with van der Waals surface area (Å²) < 4.78 is 6.02. The van der Waals surface area contributed by atoms with Crippen LogP contribution in [0, 0.1) is 5.92 Å². The molecule has 122 valence electrons. The number of guanidine groups is 1. The Morgan fingerprint density at radius 2 is 1.86 bits per heavy atom. The number of ether oxygens (including phenoxy) is 1. The fourth-order valence-electron chi connectivity index (χ4n) is 2.91. The molecule has 5 heteroatoms. The molecule has 4 nitrogen and oxygen atoms in total. The first-order valence-corrected chi connectivity index (χ1v) is 8.52. The van der Waals surface area contributed by atoms with Gasteiger partial charge in [-0.3, -0.25) is 4.99 Å². The highest BCUT2D eigenvalue weighted by molar-refractivity contribution is 14.0. The summed E-state index contributed by atoms with van der Waals surface area (Å²) in [4.78, 5) is 7.10. The topological polar surface area (TPSA) is 36.9 Å². The van der Waals surface area contributed by atoms with Crippen LogP contribution < -0.4 is 5.32 Å². The molecule has 3 fully saturated rings. The van der Waals surface area contributed by atoms with Crippen molar-refractivity contribution in [2.75, 3.05) is 26.2 Å². The number of aliphatic imine (C=N–C) groups is 1. The minimum Gasteiger partial charge on any atom is -0.378 e. The van der Waals surface area contributed by atoms with E-state index in [1.165, 1.54) is 32.1 Å². The maximum Gasteiger partial charge on any atom is 0.194 e. The largest absolute Gasteiger partial charge is 0.378 e. The first-order valence-electron chi connectivity index (χ1n) is 8.52. The SMILES string of the molecule is CCN=C(NC1CCC1)N1CCC(OCC2CC2)CC1.I. The van der Waals surface area contributed by atoms with E-state index in [1.54, 1.807) is 0 Å². The summed E-state index contributed by atoms with van der Waals surface area (Å²) in [6, 6.07) is 0.671. The van der Waals surface area contributed by atoms with Crippen molar-refractivity contribution in [3.8, 4) is 0 Å². The molecular weight excluding hydrogens is 377 g/mol. The van der Waals surface area contributed by atoms with E-state index in [4.69, 9.17) is 4.74 Å². The van der Waals surface area contributed by atoms with Crippen molar-refractivity contribution in [3.63, 3.8) is 0 Å². The molecule has 21 heavy (non-hydrogen) atoms. The fourth-order valence-corrected chi connectivity index (χ4v) is 2.91.